The number of fused-ring (bicyclic) bond motifs is 1. The SMILES string of the molecule is CC(C(=O)O)c1ccc(N2Cc3ccc(N4CCCC4)cc3C2=O)cc1. The fraction of sp³-hybridized carbons (Fsp3) is 0.333. The summed E-state index contributed by atoms with van der Waals surface area (Å²) in [6.07, 6.45) is 2.41. The molecule has 0 spiro atoms. The van der Waals surface area contributed by atoms with Gasteiger partial charge in [-0.15, -0.1) is 0 Å². The lowest BCUT2D eigenvalue weighted by Crippen LogP contribution is -2.23. The topological polar surface area (TPSA) is 60.9 Å². The lowest BCUT2D eigenvalue weighted by molar-refractivity contribution is -0.138. The predicted molar refractivity (Wildman–Crippen MR) is 101 cm³/mol. The molecule has 1 N–H and O–H groups in total. The van der Waals surface area contributed by atoms with Gasteiger partial charge in [0.25, 0.3) is 5.91 Å². The molecule has 5 heteroatoms. The maximum Gasteiger partial charge on any atom is 0.310 e. The van der Waals surface area contributed by atoms with E-state index in [0.717, 1.165) is 41.2 Å². The maximum atomic E-state index is 12.9. The number of benzene rings is 2. The molecule has 2 aromatic carbocycles. The Morgan fingerprint density at radius 1 is 1.04 bits per heavy atom. The average molecular weight is 350 g/mol. The van der Waals surface area contributed by atoms with Crippen molar-refractivity contribution in [2.45, 2.75) is 32.2 Å². The molecule has 1 fully saturated rings. The van der Waals surface area contributed by atoms with Crippen LogP contribution in [-0.2, 0) is 11.3 Å². The Morgan fingerprint density at radius 3 is 2.35 bits per heavy atom. The molecule has 2 aromatic rings. The van der Waals surface area contributed by atoms with E-state index >= 15 is 0 Å². The highest BCUT2D eigenvalue weighted by Gasteiger charge is 2.29. The molecule has 1 saturated heterocycles. The fourth-order valence-corrected chi connectivity index (χ4v) is 3.76. The minimum atomic E-state index is -0.850. The van der Waals surface area contributed by atoms with E-state index in [9.17, 15) is 9.59 Å². The number of hydrogen-bond acceptors (Lipinski definition) is 3. The molecular weight excluding hydrogens is 328 g/mol. The smallest absolute Gasteiger partial charge is 0.310 e. The van der Waals surface area contributed by atoms with Crippen molar-refractivity contribution in [3.05, 3.63) is 59.2 Å². The zero-order valence-corrected chi connectivity index (χ0v) is 14.8. The molecule has 0 aromatic heterocycles. The fourth-order valence-electron chi connectivity index (χ4n) is 3.76. The van der Waals surface area contributed by atoms with Gasteiger partial charge in [-0.1, -0.05) is 18.2 Å². The van der Waals surface area contributed by atoms with Crippen molar-refractivity contribution in [3.63, 3.8) is 0 Å². The third kappa shape index (κ3) is 2.83. The van der Waals surface area contributed by atoms with Crippen molar-refractivity contribution in [1.82, 2.24) is 0 Å². The lowest BCUT2D eigenvalue weighted by atomic mass is 10.0. The van der Waals surface area contributed by atoms with E-state index in [2.05, 4.69) is 17.0 Å². The van der Waals surface area contributed by atoms with Gasteiger partial charge < -0.3 is 14.9 Å². The van der Waals surface area contributed by atoms with Gasteiger partial charge in [0, 0.05) is 30.0 Å². The monoisotopic (exact) mass is 350 g/mol. The first-order valence-corrected chi connectivity index (χ1v) is 9.07. The number of nitrogens with zero attached hydrogens (tertiary/aromatic N) is 2. The van der Waals surface area contributed by atoms with Crippen molar-refractivity contribution in [3.8, 4) is 0 Å². The zero-order chi connectivity index (χ0) is 18.3. The van der Waals surface area contributed by atoms with E-state index in [0.29, 0.717) is 6.54 Å². The van der Waals surface area contributed by atoms with Gasteiger partial charge >= 0.3 is 5.97 Å². The molecule has 4 rings (SSSR count). The van der Waals surface area contributed by atoms with E-state index in [-0.39, 0.29) is 5.91 Å². The van der Waals surface area contributed by atoms with E-state index in [1.807, 2.05) is 18.2 Å². The summed E-state index contributed by atoms with van der Waals surface area (Å²) < 4.78 is 0. The number of amides is 1. The first kappa shape index (κ1) is 16.6. The summed E-state index contributed by atoms with van der Waals surface area (Å²) in [5.74, 6) is -1.39. The summed E-state index contributed by atoms with van der Waals surface area (Å²) in [7, 11) is 0. The molecule has 26 heavy (non-hydrogen) atoms. The summed E-state index contributed by atoms with van der Waals surface area (Å²) >= 11 is 0. The number of carboxylic acids is 1. The number of carbonyl (C=O) groups excluding carboxylic acids is 1. The van der Waals surface area contributed by atoms with Gasteiger partial charge in [0.1, 0.15) is 0 Å². The molecule has 0 bridgehead atoms. The van der Waals surface area contributed by atoms with Gasteiger partial charge in [-0.05, 0) is 55.2 Å². The molecule has 0 aliphatic carbocycles. The second-order valence-electron chi connectivity index (χ2n) is 7.08. The van der Waals surface area contributed by atoms with Crippen LogP contribution in [-0.4, -0.2) is 30.1 Å². The van der Waals surface area contributed by atoms with Gasteiger partial charge in [-0.2, -0.15) is 0 Å². The van der Waals surface area contributed by atoms with Crippen LogP contribution in [0, 0.1) is 0 Å². The van der Waals surface area contributed by atoms with Crippen LogP contribution in [0.4, 0.5) is 11.4 Å². The van der Waals surface area contributed by atoms with Crippen molar-refractivity contribution in [2.24, 2.45) is 0 Å². The summed E-state index contributed by atoms with van der Waals surface area (Å²) in [5, 5.41) is 9.12. The minimum absolute atomic E-state index is 0.0140. The average Bonchev–Trinajstić information content (AvgIpc) is 3.29. The quantitative estimate of drug-likeness (QED) is 0.915. The highest BCUT2D eigenvalue weighted by atomic mass is 16.4. The maximum absolute atomic E-state index is 12.9. The molecule has 0 saturated carbocycles. The number of carbonyl (C=O) groups is 2. The Kier molecular flexibility index (Phi) is 4.15. The third-order valence-electron chi connectivity index (χ3n) is 5.44. The Hall–Kier alpha value is -2.82. The van der Waals surface area contributed by atoms with Crippen LogP contribution >= 0.6 is 0 Å². The van der Waals surface area contributed by atoms with Crippen molar-refractivity contribution in [2.75, 3.05) is 22.9 Å². The molecule has 0 radical (unpaired) electrons. The molecular formula is C21H22N2O3. The summed E-state index contributed by atoms with van der Waals surface area (Å²) in [4.78, 5) is 28.1. The van der Waals surface area contributed by atoms with Crippen LogP contribution in [0.15, 0.2) is 42.5 Å². The van der Waals surface area contributed by atoms with Gasteiger partial charge in [0.2, 0.25) is 0 Å². The highest BCUT2D eigenvalue weighted by Crippen LogP contribution is 2.32. The van der Waals surface area contributed by atoms with Crippen LogP contribution in [0.25, 0.3) is 0 Å². The molecule has 134 valence electrons. The Bertz CT molecular complexity index is 854. The molecule has 1 unspecified atom stereocenters. The number of rotatable bonds is 4. The number of aliphatic carboxylic acids is 1. The highest BCUT2D eigenvalue weighted by molar-refractivity contribution is 6.10. The standard InChI is InChI=1S/C21H22N2O3/c1-14(21(25)26)15-4-7-17(8-5-15)23-13-16-6-9-18(12-19(16)20(23)24)22-10-2-3-11-22/h4-9,12,14H,2-3,10-11,13H2,1H3,(H,25,26). The van der Waals surface area contributed by atoms with Crippen LogP contribution < -0.4 is 9.80 Å². The zero-order valence-electron chi connectivity index (χ0n) is 14.8. The largest absolute Gasteiger partial charge is 0.481 e. The van der Waals surface area contributed by atoms with E-state index in [1.165, 1.54) is 12.8 Å². The van der Waals surface area contributed by atoms with Gasteiger partial charge in [0.15, 0.2) is 0 Å². The Morgan fingerprint density at radius 2 is 1.69 bits per heavy atom. The lowest BCUT2D eigenvalue weighted by Gasteiger charge is -2.18. The number of hydrogen-bond donors (Lipinski definition) is 1. The van der Waals surface area contributed by atoms with Gasteiger partial charge in [-0.3, -0.25) is 9.59 Å². The predicted octanol–water partition coefficient (Wildman–Crippen LogP) is 3.64. The molecule has 2 aliphatic heterocycles. The van der Waals surface area contributed by atoms with E-state index < -0.39 is 11.9 Å². The summed E-state index contributed by atoms with van der Waals surface area (Å²) in [6.45, 7) is 4.33. The summed E-state index contributed by atoms with van der Waals surface area (Å²) in [6, 6.07) is 13.4. The second kappa shape index (κ2) is 6.48. The van der Waals surface area contributed by atoms with Crippen molar-refractivity contribution in [1.29, 1.82) is 0 Å². The van der Waals surface area contributed by atoms with Crippen LogP contribution in [0.2, 0.25) is 0 Å². The van der Waals surface area contributed by atoms with Crippen LogP contribution in [0.5, 0.6) is 0 Å². The molecule has 2 aliphatic rings. The van der Waals surface area contributed by atoms with E-state index in [1.54, 1.807) is 24.0 Å². The van der Waals surface area contributed by atoms with Crippen LogP contribution in [0.1, 0.15) is 47.2 Å². The molecule has 1 atom stereocenters. The third-order valence-corrected chi connectivity index (χ3v) is 5.44. The molecule has 5 nitrogen and oxygen atoms in total. The summed E-state index contributed by atoms with van der Waals surface area (Å²) in [5.41, 5.74) is 4.48. The Labute approximate surface area is 152 Å². The minimum Gasteiger partial charge on any atom is -0.481 e. The van der Waals surface area contributed by atoms with Crippen LogP contribution in [0.3, 0.4) is 0 Å². The van der Waals surface area contributed by atoms with Gasteiger partial charge in [0.05, 0.1) is 12.5 Å². The van der Waals surface area contributed by atoms with Crippen molar-refractivity contribution < 1.29 is 14.7 Å². The second-order valence-corrected chi connectivity index (χ2v) is 7.08. The van der Waals surface area contributed by atoms with E-state index in [4.69, 9.17) is 5.11 Å². The molecule has 2 heterocycles. The van der Waals surface area contributed by atoms with Gasteiger partial charge in [-0.25, -0.2) is 0 Å². The first-order chi connectivity index (χ1) is 12.5. The Balaban J connectivity index is 1.57. The molecule has 1 amide bonds. The number of anilines is 2. The number of carboxylic acid groups (broad SMARTS) is 1. The first-order valence-electron chi connectivity index (χ1n) is 9.07. The normalized spacial score (nSPS) is 17.5. The van der Waals surface area contributed by atoms with Crippen molar-refractivity contribution >= 4 is 23.3 Å².